The number of nitrogens with one attached hydrogen (secondary N) is 3. The van der Waals surface area contributed by atoms with Gasteiger partial charge >= 0.3 is 5.97 Å². The van der Waals surface area contributed by atoms with Gasteiger partial charge in [-0.05, 0) is 44.4 Å². The van der Waals surface area contributed by atoms with Gasteiger partial charge in [-0.3, -0.25) is 14.6 Å². The molecule has 11 nitrogen and oxygen atoms in total. The molecule has 4 rings (SSSR count). The number of esters is 1. The van der Waals surface area contributed by atoms with E-state index < -0.39 is 23.0 Å². The first kappa shape index (κ1) is 33.9. The number of rotatable bonds is 16. The predicted octanol–water partition coefficient (Wildman–Crippen LogP) is 2.88. The minimum Gasteiger partial charge on any atom is -0.463 e. The number of fused-ring (bicyclic) bond motifs is 2. The van der Waals surface area contributed by atoms with Gasteiger partial charge in [0.05, 0.1) is 18.5 Å². The molecule has 1 saturated heterocycles. The molecule has 0 spiro atoms. The van der Waals surface area contributed by atoms with E-state index in [0.29, 0.717) is 25.3 Å². The third-order valence-corrected chi connectivity index (χ3v) is 8.72. The van der Waals surface area contributed by atoms with Crippen LogP contribution >= 0.6 is 0 Å². The Morgan fingerprint density at radius 2 is 1.93 bits per heavy atom. The molecule has 1 aliphatic carbocycles. The number of dihydropyridines is 1. The quantitative estimate of drug-likeness (QED) is 0.0352. The fraction of sp³-hybridized carbons (Fsp3) is 0.529. The molecule has 0 bridgehead atoms. The third-order valence-electron chi connectivity index (χ3n) is 8.72. The highest BCUT2D eigenvalue weighted by Gasteiger charge is 2.85. The summed E-state index contributed by atoms with van der Waals surface area (Å²) in [4.78, 5) is 45.8. The van der Waals surface area contributed by atoms with Crippen molar-refractivity contribution in [3.63, 3.8) is 0 Å². The molecular formula is C34H48N6O5. The lowest BCUT2D eigenvalue weighted by molar-refractivity contribution is -0.149. The van der Waals surface area contributed by atoms with Gasteiger partial charge in [-0.2, -0.15) is 0 Å². The second kappa shape index (κ2) is 14.9. The van der Waals surface area contributed by atoms with Crippen LogP contribution < -0.4 is 27.4 Å². The number of guanidine groups is 1. The first-order valence-electron chi connectivity index (χ1n) is 16.0. The number of nitrogens with zero attached hydrogens (tertiary/aromatic N) is 1. The van der Waals surface area contributed by atoms with Crippen LogP contribution in [0.2, 0.25) is 0 Å². The lowest BCUT2D eigenvalue weighted by atomic mass is 9.72. The fourth-order valence-electron chi connectivity index (χ4n) is 6.09. The maximum atomic E-state index is 14.0. The van der Waals surface area contributed by atoms with Crippen LogP contribution in [0.25, 0.3) is 0 Å². The summed E-state index contributed by atoms with van der Waals surface area (Å²) in [5.41, 5.74) is 10.6. The van der Waals surface area contributed by atoms with E-state index in [0.717, 1.165) is 43.4 Å². The molecule has 2 aliphatic heterocycles. The number of benzene rings is 1. The zero-order valence-corrected chi connectivity index (χ0v) is 26.9. The lowest BCUT2D eigenvalue weighted by Gasteiger charge is -2.25. The number of ether oxygens (including phenoxy) is 2. The van der Waals surface area contributed by atoms with E-state index in [9.17, 15) is 14.4 Å². The van der Waals surface area contributed by atoms with Crippen molar-refractivity contribution in [3.8, 4) is 0 Å². The summed E-state index contributed by atoms with van der Waals surface area (Å²) in [6.45, 7) is 8.43. The maximum Gasteiger partial charge on any atom is 0.350 e. The fourth-order valence-corrected chi connectivity index (χ4v) is 6.09. The molecule has 1 aromatic rings. The summed E-state index contributed by atoms with van der Waals surface area (Å²) >= 11 is 0. The van der Waals surface area contributed by atoms with Crippen LogP contribution in [0.3, 0.4) is 0 Å². The largest absolute Gasteiger partial charge is 0.463 e. The van der Waals surface area contributed by atoms with Crippen LogP contribution in [0.1, 0.15) is 80.0 Å². The summed E-state index contributed by atoms with van der Waals surface area (Å²) in [6, 6.07) is 6.31. The number of epoxide rings is 1. The van der Waals surface area contributed by atoms with E-state index >= 15 is 0 Å². The van der Waals surface area contributed by atoms with Crippen LogP contribution in [-0.4, -0.2) is 74.0 Å². The van der Waals surface area contributed by atoms with Gasteiger partial charge in [0.2, 0.25) is 5.78 Å². The number of Topliss-reactive ketones (excluding diaryl/α,β-unsaturated/α-hetero) is 2. The van der Waals surface area contributed by atoms with E-state index in [1.165, 1.54) is 0 Å². The predicted molar refractivity (Wildman–Crippen MR) is 175 cm³/mol. The molecule has 3 aliphatic rings. The zero-order chi connectivity index (χ0) is 32.6. The van der Waals surface area contributed by atoms with Crippen molar-refractivity contribution in [2.45, 2.75) is 76.5 Å². The lowest BCUT2D eigenvalue weighted by Crippen LogP contribution is -2.50. The topological polar surface area (TPSA) is 173 Å². The highest BCUT2D eigenvalue weighted by molar-refractivity contribution is 6.32. The van der Waals surface area contributed by atoms with E-state index in [-0.39, 0.29) is 47.9 Å². The van der Waals surface area contributed by atoms with Gasteiger partial charge in [-0.15, -0.1) is 0 Å². The molecule has 0 unspecified atom stereocenters. The van der Waals surface area contributed by atoms with Gasteiger partial charge in [0.1, 0.15) is 0 Å². The summed E-state index contributed by atoms with van der Waals surface area (Å²) in [5, 5.41) is 9.69. The van der Waals surface area contributed by atoms with E-state index in [4.69, 9.17) is 20.9 Å². The van der Waals surface area contributed by atoms with E-state index in [2.05, 4.69) is 34.8 Å². The van der Waals surface area contributed by atoms with Gasteiger partial charge in [0.25, 0.3) is 5.60 Å². The van der Waals surface area contributed by atoms with Crippen molar-refractivity contribution >= 4 is 23.5 Å². The summed E-state index contributed by atoms with van der Waals surface area (Å²) in [5.74, 6) is -0.814. The minimum atomic E-state index is -2.01. The first-order valence-corrected chi connectivity index (χ1v) is 16.0. The van der Waals surface area contributed by atoms with Crippen molar-refractivity contribution in [1.29, 1.82) is 0 Å². The van der Waals surface area contributed by atoms with Crippen LogP contribution in [0.5, 0.6) is 0 Å². The van der Waals surface area contributed by atoms with Crippen molar-refractivity contribution < 1.29 is 23.9 Å². The molecule has 2 heterocycles. The summed E-state index contributed by atoms with van der Waals surface area (Å²) in [6.07, 6.45) is 10.1. The highest BCUT2D eigenvalue weighted by atomic mass is 16.7. The van der Waals surface area contributed by atoms with Gasteiger partial charge < -0.3 is 36.9 Å². The number of ketones is 2. The molecule has 11 heteroatoms. The van der Waals surface area contributed by atoms with Gasteiger partial charge in [0.15, 0.2) is 17.3 Å². The molecule has 7 N–H and O–H groups in total. The average molecular weight is 621 g/mol. The number of carbonyl (C=O) groups excluding carboxylic acids is 3. The molecule has 0 aromatic heterocycles. The molecular weight excluding hydrogens is 572 g/mol. The number of aliphatic imine (C=N–C) groups is 1. The maximum absolute atomic E-state index is 14.0. The second-order valence-electron chi connectivity index (χ2n) is 12.1. The zero-order valence-electron chi connectivity index (χ0n) is 26.9. The van der Waals surface area contributed by atoms with Crippen LogP contribution in [-0.2, 0) is 14.3 Å². The Hall–Kier alpha value is -3.96. The van der Waals surface area contributed by atoms with E-state index in [1.807, 2.05) is 25.2 Å². The van der Waals surface area contributed by atoms with Crippen LogP contribution in [0, 0.1) is 5.92 Å². The Balaban J connectivity index is 1.58. The number of unbranched alkanes of at least 4 members (excludes halogenated alkanes) is 1. The summed E-state index contributed by atoms with van der Waals surface area (Å²) < 4.78 is 11.9. The Morgan fingerprint density at radius 3 is 2.60 bits per heavy atom. The Kier molecular flexibility index (Phi) is 11.2. The summed E-state index contributed by atoms with van der Waals surface area (Å²) in [7, 11) is 1.60. The van der Waals surface area contributed by atoms with E-state index in [1.54, 1.807) is 31.3 Å². The SMILES string of the molecule is CCCC[C@H](CNCCC)COC(=O)[C@]12O[C@@]1(C/C=C(\C)C[C@@H](NC(N)=NC)C1=CCNC(N)=C1)C(=O)c1ccccc1C2=O. The smallest absolute Gasteiger partial charge is 0.350 e. The number of hydrogen-bond acceptors (Lipinski definition) is 9. The number of nitrogens with two attached hydrogens (primary N) is 2. The van der Waals surface area contributed by atoms with Crippen LogP contribution in [0.4, 0.5) is 0 Å². The van der Waals surface area contributed by atoms with Gasteiger partial charge in [0, 0.05) is 43.6 Å². The second-order valence-corrected chi connectivity index (χ2v) is 12.1. The van der Waals surface area contributed by atoms with Gasteiger partial charge in [-0.1, -0.05) is 68.7 Å². The molecule has 4 atom stereocenters. The standard InChI is InChI=1S/C34H48N6O5/c1-5-7-10-23(20-38-16-6-2)21-44-31(43)34-30(42)26-12-9-8-11-25(26)29(41)33(34,45-34)15-13-22(3)18-27(40-32(36)37-4)24-14-17-39-28(35)19-24/h8-9,11-14,19,23,27,38-39H,5-7,10,15-18,20-21,35H2,1-4H3,(H3,36,37,40)/b22-13+/t23-,27-,33+,34+/m1/s1. The van der Waals surface area contributed by atoms with Crippen molar-refractivity contribution in [2.75, 3.05) is 33.3 Å². The molecule has 1 aromatic carbocycles. The molecule has 0 saturated carbocycles. The average Bonchev–Trinajstić information content (AvgIpc) is 3.75. The minimum absolute atomic E-state index is 0.0345. The highest BCUT2D eigenvalue weighted by Crippen LogP contribution is 2.58. The number of hydrogen-bond donors (Lipinski definition) is 5. The molecule has 0 radical (unpaired) electrons. The molecule has 1 fully saturated rings. The normalized spacial score (nSPS) is 24.0. The monoisotopic (exact) mass is 620 g/mol. The Labute approximate surface area is 265 Å². The van der Waals surface area contributed by atoms with Crippen molar-refractivity contribution in [3.05, 3.63) is 70.6 Å². The third kappa shape index (κ3) is 7.15. The number of carbonyl (C=O) groups is 3. The Morgan fingerprint density at radius 1 is 1.20 bits per heavy atom. The van der Waals surface area contributed by atoms with Gasteiger partial charge in [-0.25, -0.2) is 4.79 Å². The van der Waals surface area contributed by atoms with Crippen molar-refractivity contribution in [1.82, 2.24) is 16.0 Å². The molecule has 244 valence electrons. The first-order chi connectivity index (χ1) is 21.6. The molecule has 0 amide bonds. The van der Waals surface area contributed by atoms with Crippen molar-refractivity contribution in [2.24, 2.45) is 22.4 Å². The Bertz CT molecular complexity index is 1400. The van der Waals surface area contributed by atoms with Crippen LogP contribution in [0.15, 0.2) is 64.5 Å². The molecule has 45 heavy (non-hydrogen) atoms.